The van der Waals surface area contributed by atoms with Crippen LogP contribution in [0.3, 0.4) is 0 Å². The number of nitrogens with one attached hydrogen (secondary N) is 1. The van der Waals surface area contributed by atoms with Gasteiger partial charge in [0.2, 0.25) is 5.91 Å². The van der Waals surface area contributed by atoms with Gasteiger partial charge < -0.3 is 14.8 Å². The van der Waals surface area contributed by atoms with E-state index < -0.39 is 27.4 Å². The number of benzene rings is 3. The van der Waals surface area contributed by atoms with Gasteiger partial charge in [-0.25, -0.2) is 8.42 Å². The van der Waals surface area contributed by atoms with Gasteiger partial charge >= 0.3 is 0 Å². The molecule has 178 valence electrons. The summed E-state index contributed by atoms with van der Waals surface area (Å²) in [5.74, 6) is -0.0103. The minimum Gasteiger partial charge on any atom is -0.497 e. The number of ether oxygens (including phenoxy) is 2. The number of aryl methyl sites for hydroxylation is 1. The average molecular weight is 486 g/mol. The first-order chi connectivity index (χ1) is 16.1. The number of non-ortho nitro benzene ring substituents is 1. The van der Waals surface area contributed by atoms with E-state index in [2.05, 4.69) is 5.32 Å². The third-order valence-electron chi connectivity index (χ3n) is 4.92. The molecule has 0 spiro atoms. The van der Waals surface area contributed by atoms with Crippen LogP contribution in [0.25, 0.3) is 0 Å². The number of rotatable bonds is 9. The van der Waals surface area contributed by atoms with Crippen LogP contribution in [0.15, 0.2) is 71.6 Å². The van der Waals surface area contributed by atoms with Gasteiger partial charge in [-0.05, 0) is 49.4 Å². The molecule has 0 saturated carbocycles. The Balaban J connectivity index is 1.97. The molecule has 0 unspecified atom stereocenters. The van der Waals surface area contributed by atoms with E-state index in [1.807, 2.05) is 6.92 Å². The molecule has 1 amide bonds. The lowest BCUT2D eigenvalue weighted by Gasteiger charge is -2.24. The van der Waals surface area contributed by atoms with Gasteiger partial charge in [-0.1, -0.05) is 17.7 Å². The number of sulfonamides is 1. The number of hydrogen-bond donors (Lipinski definition) is 1. The fraction of sp³-hybridized carbons (Fsp3) is 0.174. The first kappa shape index (κ1) is 24.5. The highest BCUT2D eigenvalue weighted by Crippen LogP contribution is 2.30. The summed E-state index contributed by atoms with van der Waals surface area (Å²) in [5.41, 5.74) is 0.910. The molecule has 0 aliphatic heterocycles. The summed E-state index contributed by atoms with van der Waals surface area (Å²) in [5, 5.41) is 13.6. The fourth-order valence-electron chi connectivity index (χ4n) is 3.13. The maximum atomic E-state index is 13.5. The van der Waals surface area contributed by atoms with Crippen LogP contribution in [0.1, 0.15) is 5.56 Å². The molecule has 3 rings (SSSR count). The molecule has 0 saturated heterocycles. The normalized spacial score (nSPS) is 10.9. The number of methoxy groups -OCH3 is 2. The van der Waals surface area contributed by atoms with E-state index in [-0.39, 0.29) is 27.7 Å². The van der Waals surface area contributed by atoms with E-state index in [1.165, 1.54) is 50.6 Å². The minimum absolute atomic E-state index is 0.00893. The molecule has 0 fully saturated rings. The van der Waals surface area contributed by atoms with Crippen LogP contribution in [0.5, 0.6) is 11.5 Å². The SMILES string of the molecule is COc1ccc(N(CC(=O)Nc2cc([N+](=O)[O-])ccc2OC)S(=O)(=O)c2ccc(C)cc2)cc1. The first-order valence-corrected chi connectivity index (χ1v) is 11.5. The van der Waals surface area contributed by atoms with Crippen LogP contribution in [-0.2, 0) is 14.8 Å². The summed E-state index contributed by atoms with van der Waals surface area (Å²) < 4.78 is 38.2. The molecule has 34 heavy (non-hydrogen) atoms. The molecule has 3 aromatic rings. The lowest BCUT2D eigenvalue weighted by Crippen LogP contribution is -2.38. The molecule has 0 atom stereocenters. The maximum absolute atomic E-state index is 13.5. The zero-order chi connectivity index (χ0) is 24.9. The van der Waals surface area contributed by atoms with Gasteiger partial charge in [0.05, 0.1) is 35.4 Å². The molecule has 1 N–H and O–H groups in total. The second kappa shape index (κ2) is 10.2. The van der Waals surface area contributed by atoms with Crippen LogP contribution in [0.4, 0.5) is 17.1 Å². The third kappa shape index (κ3) is 5.44. The zero-order valence-electron chi connectivity index (χ0n) is 18.7. The van der Waals surface area contributed by atoms with Crippen molar-refractivity contribution in [3.63, 3.8) is 0 Å². The Morgan fingerprint density at radius 2 is 1.65 bits per heavy atom. The first-order valence-electron chi connectivity index (χ1n) is 10.0. The summed E-state index contributed by atoms with van der Waals surface area (Å²) in [6.45, 7) is 1.24. The Bertz CT molecular complexity index is 1290. The van der Waals surface area contributed by atoms with Crippen molar-refractivity contribution in [1.29, 1.82) is 0 Å². The Hall–Kier alpha value is -4.12. The fourth-order valence-corrected chi connectivity index (χ4v) is 4.55. The smallest absolute Gasteiger partial charge is 0.271 e. The van der Waals surface area contributed by atoms with Crippen molar-refractivity contribution >= 4 is 33.0 Å². The molecule has 0 bridgehead atoms. The number of anilines is 2. The molecule has 0 aromatic heterocycles. The van der Waals surface area contributed by atoms with Crippen LogP contribution in [-0.4, -0.2) is 40.0 Å². The highest BCUT2D eigenvalue weighted by atomic mass is 32.2. The second-order valence-electron chi connectivity index (χ2n) is 7.21. The maximum Gasteiger partial charge on any atom is 0.271 e. The van der Waals surface area contributed by atoms with E-state index in [9.17, 15) is 23.3 Å². The summed E-state index contributed by atoms with van der Waals surface area (Å²) >= 11 is 0. The molecule has 0 heterocycles. The number of carbonyl (C=O) groups is 1. The van der Waals surface area contributed by atoms with E-state index in [0.717, 1.165) is 15.9 Å². The number of nitrogens with zero attached hydrogens (tertiary/aromatic N) is 2. The Labute approximate surface area is 196 Å². The Morgan fingerprint density at radius 1 is 1.00 bits per heavy atom. The van der Waals surface area contributed by atoms with E-state index in [0.29, 0.717) is 5.75 Å². The number of hydrogen-bond acceptors (Lipinski definition) is 7. The standard InChI is InChI=1S/C23H23N3O7S/c1-16-4-11-20(12-5-16)34(30,31)25(17-6-9-19(32-2)10-7-17)15-23(27)24-21-14-18(26(28)29)8-13-22(21)33-3/h4-14H,15H2,1-3H3,(H,24,27). The highest BCUT2D eigenvalue weighted by Gasteiger charge is 2.28. The van der Waals surface area contributed by atoms with Crippen molar-refractivity contribution < 1.29 is 27.6 Å². The van der Waals surface area contributed by atoms with Gasteiger partial charge in [0, 0.05) is 12.1 Å². The van der Waals surface area contributed by atoms with Gasteiger partial charge in [0.15, 0.2) is 0 Å². The van der Waals surface area contributed by atoms with Crippen LogP contribution >= 0.6 is 0 Å². The van der Waals surface area contributed by atoms with Crippen molar-refractivity contribution in [2.75, 3.05) is 30.4 Å². The predicted octanol–water partition coefficient (Wildman–Crippen LogP) is 3.75. The van der Waals surface area contributed by atoms with Gasteiger partial charge in [-0.2, -0.15) is 0 Å². The van der Waals surface area contributed by atoms with Crippen molar-refractivity contribution in [3.05, 3.63) is 82.4 Å². The Kier molecular flexibility index (Phi) is 7.37. The van der Waals surface area contributed by atoms with E-state index in [1.54, 1.807) is 24.3 Å². The monoisotopic (exact) mass is 485 g/mol. The molecule has 0 radical (unpaired) electrons. The summed E-state index contributed by atoms with van der Waals surface area (Å²) in [6, 6.07) is 16.2. The van der Waals surface area contributed by atoms with Gasteiger partial charge in [0.1, 0.15) is 18.0 Å². The summed E-state index contributed by atoms with van der Waals surface area (Å²) in [6.07, 6.45) is 0. The number of nitro groups is 1. The lowest BCUT2D eigenvalue weighted by atomic mass is 10.2. The van der Waals surface area contributed by atoms with Crippen LogP contribution < -0.4 is 19.1 Å². The lowest BCUT2D eigenvalue weighted by molar-refractivity contribution is -0.384. The molecule has 11 heteroatoms. The topological polar surface area (TPSA) is 128 Å². The summed E-state index contributed by atoms with van der Waals surface area (Å²) in [7, 11) is -1.29. The third-order valence-corrected chi connectivity index (χ3v) is 6.71. The molecule has 0 aliphatic rings. The number of amides is 1. The van der Waals surface area contributed by atoms with Crippen molar-refractivity contribution in [2.45, 2.75) is 11.8 Å². The quantitative estimate of drug-likeness (QED) is 0.361. The average Bonchev–Trinajstić information content (AvgIpc) is 2.82. The molecule has 3 aromatic carbocycles. The largest absolute Gasteiger partial charge is 0.497 e. The highest BCUT2D eigenvalue weighted by molar-refractivity contribution is 7.92. The molecular formula is C23H23N3O7S. The van der Waals surface area contributed by atoms with Crippen molar-refractivity contribution in [3.8, 4) is 11.5 Å². The molecule has 0 aliphatic carbocycles. The Morgan fingerprint density at radius 3 is 2.21 bits per heavy atom. The second-order valence-corrected chi connectivity index (χ2v) is 9.07. The molecule has 10 nitrogen and oxygen atoms in total. The van der Waals surface area contributed by atoms with Crippen LogP contribution in [0, 0.1) is 17.0 Å². The van der Waals surface area contributed by atoms with Crippen molar-refractivity contribution in [2.24, 2.45) is 0 Å². The number of carbonyl (C=O) groups excluding carboxylic acids is 1. The van der Waals surface area contributed by atoms with Gasteiger partial charge in [-0.3, -0.25) is 19.2 Å². The predicted molar refractivity (Wildman–Crippen MR) is 127 cm³/mol. The minimum atomic E-state index is -4.12. The van der Waals surface area contributed by atoms with Gasteiger partial charge in [-0.15, -0.1) is 0 Å². The van der Waals surface area contributed by atoms with Crippen molar-refractivity contribution in [1.82, 2.24) is 0 Å². The van der Waals surface area contributed by atoms with Crippen LogP contribution in [0.2, 0.25) is 0 Å². The summed E-state index contributed by atoms with van der Waals surface area (Å²) in [4.78, 5) is 23.5. The number of nitro benzene ring substituents is 1. The zero-order valence-corrected chi connectivity index (χ0v) is 19.5. The molecular weight excluding hydrogens is 462 g/mol. The van der Waals surface area contributed by atoms with Gasteiger partial charge in [0.25, 0.3) is 15.7 Å². The van der Waals surface area contributed by atoms with E-state index >= 15 is 0 Å². The van der Waals surface area contributed by atoms with E-state index in [4.69, 9.17) is 9.47 Å².